The fraction of sp³-hybridized carbons (Fsp3) is 0.235. The monoisotopic (exact) mass is 331 g/mol. The fourth-order valence-corrected chi connectivity index (χ4v) is 2.44. The number of carbonyl (C=O) groups is 1. The van der Waals surface area contributed by atoms with Crippen LogP contribution in [0.3, 0.4) is 0 Å². The van der Waals surface area contributed by atoms with Gasteiger partial charge in [-0.05, 0) is 43.5 Å². The van der Waals surface area contributed by atoms with Crippen molar-refractivity contribution in [2.45, 2.75) is 25.8 Å². The lowest BCUT2D eigenvalue weighted by Crippen LogP contribution is -2.32. The summed E-state index contributed by atoms with van der Waals surface area (Å²) in [6.07, 6.45) is 1.91. The van der Waals surface area contributed by atoms with Gasteiger partial charge in [0, 0.05) is 16.1 Å². The molecule has 2 nitrogen and oxygen atoms in total. The van der Waals surface area contributed by atoms with E-state index in [1.807, 2.05) is 49.4 Å². The molecule has 0 radical (unpaired) electrons. The minimum atomic E-state index is -0.0214. The van der Waals surface area contributed by atoms with Crippen molar-refractivity contribution >= 4 is 21.8 Å². The van der Waals surface area contributed by atoms with Crippen LogP contribution in [0.5, 0.6) is 0 Å². The maximum Gasteiger partial charge on any atom is 0.251 e. The van der Waals surface area contributed by atoms with E-state index in [4.69, 9.17) is 0 Å². The van der Waals surface area contributed by atoms with Gasteiger partial charge in [0.05, 0.1) is 0 Å². The molecule has 3 heteroatoms. The van der Waals surface area contributed by atoms with Gasteiger partial charge in [0.25, 0.3) is 5.91 Å². The van der Waals surface area contributed by atoms with Gasteiger partial charge >= 0.3 is 0 Å². The molecule has 104 valence electrons. The van der Waals surface area contributed by atoms with Crippen LogP contribution in [0.1, 0.15) is 29.3 Å². The van der Waals surface area contributed by atoms with Crippen molar-refractivity contribution in [3.8, 4) is 0 Å². The lowest BCUT2D eigenvalue weighted by atomic mass is 10.1. The predicted octanol–water partition coefficient (Wildman–Crippen LogP) is 4.20. The summed E-state index contributed by atoms with van der Waals surface area (Å²) in [5.74, 6) is -0.0214. The Labute approximate surface area is 128 Å². The average Bonchev–Trinajstić information content (AvgIpc) is 2.46. The topological polar surface area (TPSA) is 29.1 Å². The van der Waals surface area contributed by atoms with Crippen molar-refractivity contribution in [1.29, 1.82) is 0 Å². The molecule has 1 atom stereocenters. The molecular weight excluding hydrogens is 314 g/mol. The second-order valence-corrected chi connectivity index (χ2v) is 5.82. The van der Waals surface area contributed by atoms with Crippen LogP contribution >= 0.6 is 15.9 Å². The van der Waals surface area contributed by atoms with Crippen LogP contribution in [-0.2, 0) is 6.42 Å². The standard InChI is InChI=1S/C17H18BrNO/c1-13(10-11-14-6-3-2-4-7-14)19-17(20)15-8-5-9-16(18)12-15/h2-9,12-13H,10-11H2,1H3,(H,19,20)/t13-/m1/s1. The highest BCUT2D eigenvalue weighted by Gasteiger charge is 2.09. The number of amides is 1. The molecular formula is C17H18BrNO. The second-order valence-electron chi connectivity index (χ2n) is 4.91. The van der Waals surface area contributed by atoms with E-state index in [1.165, 1.54) is 5.56 Å². The molecule has 0 saturated heterocycles. The third-order valence-electron chi connectivity index (χ3n) is 3.17. The molecule has 0 aliphatic heterocycles. The van der Waals surface area contributed by atoms with E-state index >= 15 is 0 Å². The molecule has 1 amide bonds. The summed E-state index contributed by atoms with van der Waals surface area (Å²) >= 11 is 3.38. The number of hydrogen-bond acceptors (Lipinski definition) is 1. The van der Waals surface area contributed by atoms with Crippen LogP contribution in [0.4, 0.5) is 0 Å². The number of halogens is 1. The number of hydrogen-bond donors (Lipinski definition) is 1. The molecule has 0 fully saturated rings. The third-order valence-corrected chi connectivity index (χ3v) is 3.67. The van der Waals surface area contributed by atoms with E-state index < -0.39 is 0 Å². The average molecular weight is 332 g/mol. The summed E-state index contributed by atoms with van der Waals surface area (Å²) in [6.45, 7) is 2.04. The van der Waals surface area contributed by atoms with Gasteiger partial charge in [0.1, 0.15) is 0 Å². The SMILES string of the molecule is C[C@H](CCc1ccccc1)NC(=O)c1cccc(Br)c1. The number of rotatable bonds is 5. The van der Waals surface area contributed by atoms with Gasteiger partial charge in [-0.2, -0.15) is 0 Å². The quantitative estimate of drug-likeness (QED) is 0.873. The molecule has 0 saturated carbocycles. The van der Waals surface area contributed by atoms with Crippen molar-refractivity contribution in [1.82, 2.24) is 5.32 Å². The zero-order chi connectivity index (χ0) is 14.4. The van der Waals surface area contributed by atoms with E-state index in [0.29, 0.717) is 5.56 Å². The van der Waals surface area contributed by atoms with Gasteiger partial charge in [0.15, 0.2) is 0 Å². The molecule has 2 rings (SSSR count). The van der Waals surface area contributed by atoms with Crippen molar-refractivity contribution in [2.24, 2.45) is 0 Å². The normalized spacial score (nSPS) is 11.9. The van der Waals surface area contributed by atoms with E-state index in [-0.39, 0.29) is 11.9 Å². The first-order valence-electron chi connectivity index (χ1n) is 6.75. The Morgan fingerprint density at radius 2 is 1.90 bits per heavy atom. The number of nitrogens with one attached hydrogen (secondary N) is 1. The zero-order valence-corrected chi connectivity index (χ0v) is 13.1. The Morgan fingerprint density at radius 3 is 2.60 bits per heavy atom. The predicted molar refractivity (Wildman–Crippen MR) is 85.8 cm³/mol. The largest absolute Gasteiger partial charge is 0.350 e. The molecule has 0 bridgehead atoms. The summed E-state index contributed by atoms with van der Waals surface area (Å²) in [5, 5.41) is 3.03. The Bertz CT molecular complexity index is 568. The van der Waals surface area contributed by atoms with E-state index in [0.717, 1.165) is 17.3 Å². The van der Waals surface area contributed by atoms with Gasteiger partial charge in [-0.3, -0.25) is 4.79 Å². The zero-order valence-electron chi connectivity index (χ0n) is 11.5. The molecule has 1 N–H and O–H groups in total. The van der Waals surface area contributed by atoms with Gasteiger partial charge in [0.2, 0.25) is 0 Å². The maximum absolute atomic E-state index is 12.1. The molecule has 0 heterocycles. The Hall–Kier alpha value is -1.61. The first-order chi connectivity index (χ1) is 9.65. The molecule has 20 heavy (non-hydrogen) atoms. The van der Waals surface area contributed by atoms with Crippen LogP contribution < -0.4 is 5.32 Å². The first-order valence-corrected chi connectivity index (χ1v) is 7.55. The van der Waals surface area contributed by atoms with E-state index in [1.54, 1.807) is 0 Å². The van der Waals surface area contributed by atoms with Crippen LogP contribution in [0, 0.1) is 0 Å². The van der Waals surface area contributed by atoms with Gasteiger partial charge in [-0.1, -0.05) is 52.3 Å². The van der Waals surface area contributed by atoms with Crippen molar-refractivity contribution in [2.75, 3.05) is 0 Å². The number of carbonyl (C=O) groups excluding carboxylic acids is 1. The summed E-state index contributed by atoms with van der Waals surface area (Å²) < 4.78 is 0.919. The minimum absolute atomic E-state index is 0.0214. The summed E-state index contributed by atoms with van der Waals surface area (Å²) in [5.41, 5.74) is 1.99. The Morgan fingerprint density at radius 1 is 1.15 bits per heavy atom. The molecule has 0 aliphatic carbocycles. The third kappa shape index (κ3) is 4.49. The number of aryl methyl sites for hydroxylation is 1. The highest BCUT2D eigenvalue weighted by Crippen LogP contribution is 2.12. The fourth-order valence-electron chi connectivity index (χ4n) is 2.04. The molecule has 0 aromatic heterocycles. The van der Waals surface area contributed by atoms with E-state index in [2.05, 4.69) is 33.4 Å². The smallest absolute Gasteiger partial charge is 0.251 e. The first kappa shape index (κ1) is 14.8. The summed E-state index contributed by atoms with van der Waals surface area (Å²) in [4.78, 5) is 12.1. The summed E-state index contributed by atoms with van der Waals surface area (Å²) in [7, 11) is 0. The summed E-state index contributed by atoms with van der Waals surface area (Å²) in [6, 6.07) is 17.9. The Balaban J connectivity index is 1.85. The van der Waals surface area contributed by atoms with Crippen LogP contribution in [-0.4, -0.2) is 11.9 Å². The second kappa shape index (κ2) is 7.25. The van der Waals surface area contributed by atoms with Gasteiger partial charge < -0.3 is 5.32 Å². The maximum atomic E-state index is 12.1. The number of benzene rings is 2. The van der Waals surface area contributed by atoms with Crippen LogP contribution in [0.15, 0.2) is 59.1 Å². The molecule has 2 aromatic rings. The molecule has 0 aliphatic rings. The van der Waals surface area contributed by atoms with Gasteiger partial charge in [-0.25, -0.2) is 0 Å². The van der Waals surface area contributed by atoms with E-state index in [9.17, 15) is 4.79 Å². The molecule has 0 unspecified atom stereocenters. The van der Waals surface area contributed by atoms with Crippen LogP contribution in [0.25, 0.3) is 0 Å². The van der Waals surface area contributed by atoms with Crippen LogP contribution in [0.2, 0.25) is 0 Å². The lowest BCUT2D eigenvalue weighted by Gasteiger charge is -2.14. The van der Waals surface area contributed by atoms with Gasteiger partial charge in [-0.15, -0.1) is 0 Å². The molecule has 2 aromatic carbocycles. The Kier molecular flexibility index (Phi) is 5.36. The van der Waals surface area contributed by atoms with Crippen molar-refractivity contribution in [3.63, 3.8) is 0 Å². The highest BCUT2D eigenvalue weighted by molar-refractivity contribution is 9.10. The lowest BCUT2D eigenvalue weighted by molar-refractivity contribution is 0.0938. The molecule has 0 spiro atoms. The minimum Gasteiger partial charge on any atom is -0.350 e. The van der Waals surface area contributed by atoms with Crippen molar-refractivity contribution < 1.29 is 4.79 Å². The van der Waals surface area contributed by atoms with Crippen molar-refractivity contribution in [3.05, 3.63) is 70.2 Å². The highest BCUT2D eigenvalue weighted by atomic mass is 79.9.